The second kappa shape index (κ2) is 8.93. The quantitative estimate of drug-likeness (QED) is 0.479. The van der Waals surface area contributed by atoms with Gasteiger partial charge in [0.1, 0.15) is 23.3 Å². The third kappa shape index (κ3) is 4.92. The fourth-order valence-electron chi connectivity index (χ4n) is 2.34. The summed E-state index contributed by atoms with van der Waals surface area (Å²) >= 11 is 3.37. The van der Waals surface area contributed by atoms with Crippen LogP contribution in [0, 0.1) is 5.92 Å². The zero-order valence-corrected chi connectivity index (χ0v) is 17.0. The summed E-state index contributed by atoms with van der Waals surface area (Å²) in [4.78, 5) is 24.3. The normalized spacial score (nSPS) is 10.9. The van der Waals surface area contributed by atoms with Crippen molar-refractivity contribution in [2.45, 2.75) is 13.8 Å². The SMILES string of the molecule is CC(C)COC(=O)COc1ccc2c(=O)c(Oc3ccccc3Br)coc2c1. The molecule has 0 unspecified atom stereocenters. The highest BCUT2D eigenvalue weighted by Crippen LogP contribution is 2.29. The van der Waals surface area contributed by atoms with Crippen LogP contribution in [0.15, 0.2) is 62.4 Å². The van der Waals surface area contributed by atoms with E-state index in [0.29, 0.717) is 29.1 Å². The van der Waals surface area contributed by atoms with Crippen molar-refractivity contribution < 1.29 is 23.4 Å². The molecule has 7 heteroatoms. The molecule has 0 saturated heterocycles. The van der Waals surface area contributed by atoms with Crippen LogP contribution in [0.3, 0.4) is 0 Å². The zero-order chi connectivity index (χ0) is 20.1. The molecule has 2 aromatic carbocycles. The van der Waals surface area contributed by atoms with Crippen molar-refractivity contribution in [3.05, 3.63) is 63.4 Å². The van der Waals surface area contributed by atoms with Crippen LogP contribution in [0.1, 0.15) is 13.8 Å². The summed E-state index contributed by atoms with van der Waals surface area (Å²) in [5.41, 5.74) is 0.0254. The average molecular weight is 447 g/mol. The summed E-state index contributed by atoms with van der Waals surface area (Å²) < 4.78 is 22.4. The Morgan fingerprint density at radius 1 is 1.14 bits per heavy atom. The first-order valence-electron chi connectivity index (χ1n) is 8.70. The van der Waals surface area contributed by atoms with Crippen molar-refractivity contribution in [2.24, 2.45) is 5.92 Å². The van der Waals surface area contributed by atoms with Gasteiger partial charge in [0.2, 0.25) is 11.2 Å². The van der Waals surface area contributed by atoms with Crippen LogP contribution in [-0.2, 0) is 9.53 Å². The number of benzene rings is 2. The lowest BCUT2D eigenvalue weighted by Gasteiger charge is -2.09. The average Bonchev–Trinajstić information content (AvgIpc) is 2.68. The molecule has 0 saturated carbocycles. The molecule has 0 atom stereocenters. The maximum atomic E-state index is 12.7. The standard InChI is InChI=1S/C21H19BrO6/c1-13(2)10-27-20(23)12-25-14-7-8-15-18(9-14)26-11-19(21(15)24)28-17-6-4-3-5-16(17)22/h3-9,11,13H,10,12H2,1-2H3. The van der Waals surface area contributed by atoms with E-state index in [4.69, 9.17) is 18.6 Å². The van der Waals surface area contributed by atoms with Crippen molar-refractivity contribution in [1.82, 2.24) is 0 Å². The number of para-hydroxylation sites is 1. The molecule has 1 aromatic heterocycles. The Balaban J connectivity index is 1.74. The second-order valence-corrected chi connectivity index (χ2v) is 7.34. The molecule has 3 rings (SSSR count). The zero-order valence-electron chi connectivity index (χ0n) is 15.4. The molecule has 0 bridgehead atoms. The van der Waals surface area contributed by atoms with Crippen LogP contribution in [0.25, 0.3) is 11.0 Å². The highest BCUT2D eigenvalue weighted by atomic mass is 79.9. The van der Waals surface area contributed by atoms with E-state index < -0.39 is 5.97 Å². The second-order valence-electron chi connectivity index (χ2n) is 6.49. The van der Waals surface area contributed by atoms with Crippen molar-refractivity contribution in [1.29, 1.82) is 0 Å². The minimum Gasteiger partial charge on any atom is -0.482 e. The van der Waals surface area contributed by atoms with Gasteiger partial charge in [-0.2, -0.15) is 0 Å². The fourth-order valence-corrected chi connectivity index (χ4v) is 2.71. The molecule has 3 aromatic rings. The molecule has 0 N–H and O–H groups in total. The summed E-state index contributed by atoms with van der Waals surface area (Å²) in [6, 6.07) is 11.9. The fraction of sp³-hybridized carbons (Fsp3) is 0.238. The van der Waals surface area contributed by atoms with E-state index >= 15 is 0 Å². The van der Waals surface area contributed by atoms with Crippen LogP contribution >= 0.6 is 15.9 Å². The van der Waals surface area contributed by atoms with Crippen molar-refractivity contribution >= 4 is 32.9 Å². The summed E-state index contributed by atoms with van der Waals surface area (Å²) in [6.45, 7) is 4.03. The molecule has 0 spiro atoms. The van der Waals surface area contributed by atoms with E-state index in [1.54, 1.807) is 30.3 Å². The number of carbonyl (C=O) groups is 1. The predicted octanol–water partition coefficient (Wildman–Crippen LogP) is 4.93. The van der Waals surface area contributed by atoms with E-state index in [1.807, 2.05) is 26.0 Å². The number of carbonyl (C=O) groups excluding carboxylic acids is 1. The molecule has 1 heterocycles. The molecule has 6 nitrogen and oxygen atoms in total. The van der Waals surface area contributed by atoms with Gasteiger partial charge in [0.25, 0.3) is 0 Å². The maximum absolute atomic E-state index is 12.7. The first kappa shape index (κ1) is 19.9. The van der Waals surface area contributed by atoms with Gasteiger partial charge >= 0.3 is 5.97 Å². The minimum atomic E-state index is -0.451. The summed E-state index contributed by atoms with van der Waals surface area (Å²) in [6.07, 6.45) is 1.25. The molecular formula is C21H19BrO6. The molecule has 0 aliphatic carbocycles. The van der Waals surface area contributed by atoms with Gasteiger partial charge in [-0.25, -0.2) is 4.79 Å². The molecule has 146 valence electrons. The lowest BCUT2D eigenvalue weighted by atomic mass is 10.2. The van der Waals surface area contributed by atoms with Crippen LogP contribution in [0.4, 0.5) is 0 Å². The number of fused-ring (bicyclic) bond motifs is 1. The molecule has 0 aliphatic heterocycles. The topological polar surface area (TPSA) is 75.0 Å². The smallest absolute Gasteiger partial charge is 0.344 e. The number of rotatable bonds is 7. The summed E-state index contributed by atoms with van der Waals surface area (Å²) in [5, 5.41) is 0.347. The highest BCUT2D eigenvalue weighted by Gasteiger charge is 2.12. The van der Waals surface area contributed by atoms with Gasteiger partial charge in [-0.05, 0) is 46.1 Å². The highest BCUT2D eigenvalue weighted by molar-refractivity contribution is 9.10. The van der Waals surface area contributed by atoms with Gasteiger partial charge in [-0.1, -0.05) is 26.0 Å². The van der Waals surface area contributed by atoms with Gasteiger partial charge in [0.05, 0.1) is 16.5 Å². The van der Waals surface area contributed by atoms with Crippen molar-refractivity contribution in [3.63, 3.8) is 0 Å². The Morgan fingerprint density at radius 3 is 2.68 bits per heavy atom. The Morgan fingerprint density at radius 2 is 1.93 bits per heavy atom. The Hall–Kier alpha value is -2.80. The Bertz CT molecular complexity index is 1040. The number of hydrogen-bond acceptors (Lipinski definition) is 6. The van der Waals surface area contributed by atoms with Crippen LogP contribution in [0.2, 0.25) is 0 Å². The molecule has 28 heavy (non-hydrogen) atoms. The molecule has 0 aliphatic rings. The van der Waals surface area contributed by atoms with Crippen LogP contribution in [0.5, 0.6) is 17.2 Å². The van der Waals surface area contributed by atoms with Gasteiger partial charge < -0.3 is 18.6 Å². The Labute approximate surface area is 170 Å². The number of esters is 1. The number of halogens is 1. The maximum Gasteiger partial charge on any atom is 0.344 e. The lowest BCUT2D eigenvalue weighted by Crippen LogP contribution is -2.17. The van der Waals surface area contributed by atoms with Gasteiger partial charge in [0.15, 0.2) is 6.61 Å². The van der Waals surface area contributed by atoms with Crippen molar-refractivity contribution in [3.8, 4) is 17.2 Å². The third-order valence-electron chi connectivity index (χ3n) is 3.71. The number of hydrogen-bond donors (Lipinski definition) is 0. The minimum absolute atomic E-state index is 0.0744. The van der Waals surface area contributed by atoms with Crippen LogP contribution in [-0.4, -0.2) is 19.2 Å². The Kier molecular flexibility index (Phi) is 6.36. The first-order valence-corrected chi connectivity index (χ1v) is 9.49. The predicted molar refractivity (Wildman–Crippen MR) is 108 cm³/mol. The summed E-state index contributed by atoms with van der Waals surface area (Å²) in [7, 11) is 0. The largest absolute Gasteiger partial charge is 0.482 e. The third-order valence-corrected chi connectivity index (χ3v) is 4.36. The van der Waals surface area contributed by atoms with Gasteiger partial charge in [-0.3, -0.25) is 4.79 Å². The molecule has 0 fully saturated rings. The van der Waals surface area contributed by atoms with Gasteiger partial charge in [0, 0.05) is 6.07 Å². The van der Waals surface area contributed by atoms with E-state index in [9.17, 15) is 9.59 Å². The molecular weight excluding hydrogens is 428 g/mol. The van der Waals surface area contributed by atoms with E-state index in [0.717, 1.165) is 4.47 Å². The molecule has 0 amide bonds. The van der Waals surface area contributed by atoms with Crippen LogP contribution < -0.4 is 14.9 Å². The number of ether oxygens (including phenoxy) is 3. The lowest BCUT2D eigenvalue weighted by molar-refractivity contribution is -0.147. The van der Waals surface area contributed by atoms with Crippen molar-refractivity contribution in [2.75, 3.05) is 13.2 Å². The van der Waals surface area contributed by atoms with E-state index in [-0.39, 0.29) is 23.7 Å². The molecule has 0 radical (unpaired) electrons. The van der Waals surface area contributed by atoms with E-state index in [2.05, 4.69) is 15.9 Å². The summed E-state index contributed by atoms with van der Waals surface area (Å²) in [5.74, 6) is 0.787. The first-order chi connectivity index (χ1) is 13.4. The van der Waals surface area contributed by atoms with Gasteiger partial charge in [-0.15, -0.1) is 0 Å². The van der Waals surface area contributed by atoms with E-state index in [1.165, 1.54) is 6.26 Å². The monoisotopic (exact) mass is 446 g/mol.